The highest BCUT2D eigenvalue weighted by molar-refractivity contribution is 6.01. The Labute approximate surface area is 106 Å². The van der Waals surface area contributed by atoms with E-state index >= 15 is 0 Å². The number of fused-ring (bicyclic) bond motifs is 1. The number of aliphatic hydroxyl groups is 1. The largest absolute Gasteiger partial charge is 0.395 e. The number of carbonyl (C=O) groups excluding carboxylic acids is 2. The number of benzene rings is 1. The van der Waals surface area contributed by atoms with Gasteiger partial charge in [0.1, 0.15) is 0 Å². The van der Waals surface area contributed by atoms with Crippen LogP contribution in [0.15, 0.2) is 24.3 Å². The van der Waals surface area contributed by atoms with Crippen LogP contribution < -0.4 is 5.32 Å². The van der Waals surface area contributed by atoms with Gasteiger partial charge in [-0.2, -0.15) is 0 Å². The molecule has 2 rings (SSSR count). The molecule has 1 aliphatic rings. The van der Waals surface area contributed by atoms with Gasteiger partial charge in [-0.15, -0.1) is 0 Å². The molecular formula is C14H17NO3. The molecule has 1 atom stereocenters. The average Bonchev–Trinajstić information content (AvgIpc) is 2.40. The van der Waals surface area contributed by atoms with Crippen molar-refractivity contribution in [1.82, 2.24) is 5.32 Å². The number of carbonyl (C=O) groups is 2. The first-order chi connectivity index (χ1) is 8.72. The lowest BCUT2D eigenvalue weighted by atomic mass is 9.81. The van der Waals surface area contributed by atoms with E-state index in [1.807, 2.05) is 24.3 Å². The van der Waals surface area contributed by atoms with Crippen molar-refractivity contribution in [3.63, 3.8) is 0 Å². The van der Waals surface area contributed by atoms with E-state index in [0.29, 0.717) is 0 Å². The zero-order valence-corrected chi connectivity index (χ0v) is 10.2. The zero-order valence-electron chi connectivity index (χ0n) is 10.2. The predicted octanol–water partition coefficient (Wildman–Crippen LogP) is 0.930. The highest BCUT2D eigenvalue weighted by atomic mass is 16.3. The van der Waals surface area contributed by atoms with E-state index in [1.54, 1.807) is 0 Å². The van der Waals surface area contributed by atoms with Gasteiger partial charge in [0.2, 0.25) is 5.91 Å². The molecule has 0 bridgehead atoms. The lowest BCUT2D eigenvalue weighted by Gasteiger charge is -2.22. The smallest absolute Gasteiger partial charge is 0.220 e. The van der Waals surface area contributed by atoms with Crippen LogP contribution in [-0.4, -0.2) is 29.9 Å². The van der Waals surface area contributed by atoms with Crippen molar-refractivity contribution in [2.75, 3.05) is 13.2 Å². The Bertz CT molecular complexity index is 456. The van der Waals surface area contributed by atoms with E-state index in [9.17, 15) is 9.59 Å². The second-order valence-corrected chi connectivity index (χ2v) is 4.53. The Morgan fingerprint density at radius 1 is 1.39 bits per heavy atom. The van der Waals surface area contributed by atoms with E-state index in [4.69, 9.17) is 5.11 Å². The fraction of sp³-hybridized carbons (Fsp3) is 0.429. The number of nitrogens with one attached hydrogen (secondary N) is 1. The fourth-order valence-corrected chi connectivity index (χ4v) is 2.35. The first-order valence-electron chi connectivity index (χ1n) is 6.22. The minimum atomic E-state index is -0.224. The average molecular weight is 247 g/mol. The summed E-state index contributed by atoms with van der Waals surface area (Å²) in [5.41, 5.74) is 1.83. The van der Waals surface area contributed by atoms with Crippen LogP contribution in [0, 0.1) is 5.92 Å². The molecule has 2 N–H and O–H groups in total. The Morgan fingerprint density at radius 3 is 2.94 bits per heavy atom. The third kappa shape index (κ3) is 2.76. The predicted molar refractivity (Wildman–Crippen MR) is 67.3 cm³/mol. The highest BCUT2D eigenvalue weighted by Gasteiger charge is 2.28. The SMILES string of the molecule is O=C(CC1CCc2ccccc2C1=O)NCCO. The summed E-state index contributed by atoms with van der Waals surface area (Å²) in [4.78, 5) is 23.7. The molecule has 96 valence electrons. The molecule has 0 aromatic heterocycles. The van der Waals surface area contributed by atoms with Crippen LogP contribution in [-0.2, 0) is 11.2 Å². The monoisotopic (exact) mass is 247 g/mol. The molecule has 1 unspecified atom stereocenters. The van der Waals surface area contributed by atoms with Crippen molar-refractivity contribution in [2.24, 2.45) is 5.92 Å². The normalized spacial score (nSPS) is 18.3. The topological polar surface area (TPSA) is 66.4 Å². The summed E-state index contributed by atoms with van der Waals surface area (Å²) in [5, 5.41) is 11.2. The fourth-order valence-electron chi connectivity index (χ4n) is 2.35. The van der Waals surface area contributed by atoms with Gasteiger partial charge in [0.05, 0.1) is 6.61 Å². The maximum Gasteiger partial charge on any atom is 0.220 e. The van der Waals surface area contributed by atoms with Crippen LogP contribution in [0.5, 0.6) is 0 Å². The minimum absolute atomic E-state index is 0.0657. The molecule has 0 heterocycles. The van der Waals surface area contributed by atoms with E-state index in [2.05, 4.69) is 5.32 Å². The molecule has 0 aliphatic heterocycles. The molecule has 1 aromatic carbocycles. The number of aryl methyl sites for hydroxylation is 1. The maximum absolute atomic E-state index is 12.2. The zero-order chi connectivity index (χ0) is 13.0. The van der Waals surface area contributed by atoms with E-state index in [1.165, 1.54) is 0 Å². The summed E-state index contributed by atoms with van der Waals surface area (Å²) in [7, 11) is 0. The highest BCUT2D eigenvalue weighted by Crippen LogP contribution is 2.27. The molecule has 1 aromatic rings. The van der Waals surface area contributed by atoms with Crippen molar-refractivity contribution < 1.29 is 14.7 Å². The number of rotatable bonds is 4. The first kappa shape index (κ1) is 12.8. The van der Waals surface area contributed by atoms with Crippen LogP contribution in [0.25, 0.3) is 0 Å². The van der Waals surface area contributed by atoms with Gasteiger partial charge in [0.25, 0.3) is 0 Å². The lowest BCUT2D eigenvalue weighted by Crippen LogP contribution is -2.32. The Hall–Kier alpha value is -1.68. The molecule has 0 spiro atoms. The van der Waals surface area contributed by atoms with Gasteiger partial charge in [-0.05, 0) is 18.4 Å². The molecule has 4 nitrogen and oxygen atoms in total. The number of Topliss-reactive ketones (excluding diaryl/α,β-unsaturated/α-hetero) is 1. The van der Waals surface area contributed by atoms with Crippen LogP contribution in [0.1, 0.15) is 28.8 Å². The van der Waals surface area contributed by atoms with Crippen molar-refractivity contribution >= 4 is 11.7 Å². The first-order valence-corrected chi connectivity index (χ1v) is 6.22. The Morgan fingerprint density at radius 2 is 2.17 bits per heavy atom. The molecule has 0 radical (unpaired) electrons. The summed E-state index contributed by atoms with van der Waals surface area (Å²) < 4.78 is 0. The lowest BCUT2D eigenvalue weighted by molar-refractivity contribution is -0.122. The number of ketones is 1. The van der Waals surface area contributed by atoms with Gasteiger partial charge >= 0.3 is 0 Å². The van der Waals surface area contributed by atoms with Gasteiger partial charge in [-0.3, -0.25) is 9.59 Å². The van der Waals surface area contributed by atoms with Gasteiger partial charge in [0.15, 0.2) is 5.78 Å². The van der Waals surface area contributed by atoms with E-state index in [0.717, 1.165) is 24.0 Å². The Kier molecular flexibility index (Phi) is 4.10. The van der Waals surface area contributed by atoms with Gasteiger partial charge < -0.3 is 10.4 Å². The van der Waals surface area contributed by atoms with Gasteiger partial charge in [0, 0.05) is 24.4 Å². The van der Waals surface area contributed by atoms with Crippen molar-refractivity contribution in [3.8, 4) is 0 Å². The van der Waals surface area contributed by atoms with Crippen LogP contribution in [0.2, 0.25) is 0 Å². The van der Waals surface area contributed by atoms with Gasteiger partial charge in [-0.25, -0.2) is 0 Å². The minimum Gasteiger partial charge on any atom is -0.395 e. The summed E-state index contributed by atoms with van der Waals surface area (Å²) in [5.74, 6) is -0.323. The number of aliphatic hydroxyl groups excluding tert-OH is 1. The van der Waals surface area contributed by atoms with Crippen LogP contribution >= 0.6 is 0 Å². The molecular weight excluding hydrogens is 230 g/mol. The molecule has 18 heavy (non-hydrogen) atoms. The van der Waals surface area contributed by atoms with E-state index in [-0.39, 0.29) is 37.2 Å². The molecule has 1 aliphatic carbocycles. The summed E-state index contributed by atoms with van der Waals surface area (Å²) in [6, 6.07) is 7.58. The molecule has 0 fully saturated rings. The second kappa shape index (κ2) is 5.78. The van der Waals surface area contributed by atoms with E-state index < -0.39 is 0 Å². The third-order valence-electron chi connectivity index (χ3n) is 3.28. The van der Waals surface area contributed by atoms with Crippen LogP contribution in [0.3, 0.4) is 0 Å². The van der Waals surface area contributed by atoms with Crippen molar-refractivity contribution in [3.05, 3.63) is 35.4 Å². The molecule has 0 saturated carbocycles. The summed E-state index contributed by atoms with van der Waals surface area (Å²) >= 11 is 0. The number of hydrogen-bond acceptors (Lipinski definition) is 3. The Balaban J connectivity index is 2.01. The third-order valence-corrected chi connectivity index (χ3v) is 3.28. The summed E-state index contributed by atoms with van der Waals surface area (Å²) in [6.07, 6.45) is 1.79. The summed E-state index contributed by atoms with van der Waals surface area (Å²) in [6.45, 7) is 0.170. The molecule has 1 amide bonds. The number of amides is 1. The number of hydrogen-bond donors (Lipinski definition) is 2. The standard InChI is InChI=1S/C14H17NO3/c16-8-7-15-13(17)9-11-6-5-10-3-1-2-4-12(10)14(11)18/h1-4,11,16H,5-9H2,(H,15,17). The second-order valence-electron chi connectivity index (χ2n) is 4.53. The molecule has 4 heteroatoms. The van der Waals surface area contributed by atoms with Crippen LogP contribution in [0.4, 0.5) is 0 Å². The van der Waals surface area contributed by atoms with Gasteiger partial charge in [-0.1, -0.05) is 24.3 Å². The maximum atomic E-state index is 12.2. The van der Waals surface area contributed by atoms with Crippen molar-refractivity contribution in [2.45, 2.75) is 19.3 Å². The quantitative estimate of drug-likeness (QED) is 0.831. The van der Waals surface area contributed by atoms with Crippen molar-refractivity contribution in [1.29, 1.82) is 0 Å². The molecule has 0 saturated heterocycles.